The lowest BCUT2D eigenvalue weighted by atomic mass is 10.1. The van der Waals surface area contributed by atoms with Crippen molar-refractivity contribution in [3.8, 4) is 0 Å². The molecule has 2 atom stereocenters. The van der Waals surface area contributed by atoms with Gasteiger partial charge in [0.15, 0.2) is 0 Å². The van der Waals surface area contributed by atoms with E-state index < -0.39 is 6.10 Å². The Hall–Kier alpha value is -0.680. The minimum absolute atomic E-state index is 0.218. The summed E-state index contributed by atoms with van der Waals surface area (Å²) in [5, 5.41) is 17.3. The summed E-state index contributed by atoms with van der Waals surface area (Å²) in [5.41, 5.74) is 2.19. The quantitative estimate of drug-likeness (QED) is 0.873. The minimum Gasteiger partial charge on any atom is -0.387 e. The van der Waals surface area contributed by atoms with Crippen molar-refractivity contribution < 1.29 is 5.11 Å². The van der Waals surface area contributed by atoms with Crippen molar-refractivity contribution in [3.05, 3.63) is 56.7 Å². The van der Waals surface area contributed by atoms with Crippen LogP contribution in [0.15, 0.2) is 45.6 Å². The van der Waals surface area contributed by atoms with Gasteiger partial charge in [-0.2, -0.15) is 11.3 Å². The van der Waals surface area contributed by atoms with Gasteiger partial charge < -0.3 is 10.4 Å². The normalized spacial score (nSPS) is 14.4. The lowest BCUT2D eigenvalue weighted by Gasteiger charge is -2.17. The van der Waals surface area contributed by atoms with Crippen LogP contribution in [-0.2, 0) is 0 Å². The standard InChI is InChI=1S/C14H16BrNOS/c1-10(11-3-2-4-13(15)7-11)16-8-14(17)12-5-6-18-9-12/h2-7,9-10,14,16-17H,8H2,1H3. The Labute approximate surface area is 120 Å². The van der Waals surface area contributed by atoms with Gasteiger partial charge in [-0.3, -0.25) is 0 Å². The Bertz CT molecular complexity index is 486. The van der Waals surface area contributed by atoms with E-state index in [1.165, 1.54) is 5.56 Å². The molecule has 2 N–H and O–H groups in total. The third-order valence-corrected chi connectivity index (χ3v) is 4.09. The van der Waals surface area contributed by atoms with Crippen LogP contribution in [0.3, 0.4) is 0 Å². The van der Waals surface area contributed by atoms with E-state index in [2.05, 4.69) is 40.3 Å². The third kappa shape index (κ3) is 3.65. The fraction of sp³-hybridized carbons (Fsp3) is 0.286. The fourth-order valence-corrected chi connectivity index (χ4v) is 2.89. The molecule has 2 unspecified atom stereocenters. The average Bonchev–Trinajstić information content (AvgIpc) is 2.89. The van der Waals surface area contributed by atoms with Crippen LogP contribution in [0.5, 0.6) is 0 Å². The van der Waals surface area contributed by atoms with E-state index in [1.54, 1.807) is 11.3 Å². The van der Waals surface area contributed by atoms with Gasteiger partial charge in [0.05, 0.1) is 6.10 Å². The van der Waals surface area contributed by atoms with Gasteiger partial charge >= 0.3 is 0 Å². The summed E-state index contributed by atoms with van der Waals surface area (Å²) in [6, 6.07) is 10.4. The van der Waals surface area contributed by atoms with Crippen molar-refractivity contribution in [2.75, 3.05) is 6.54 Å². The molecule has 4 heteroatoms. The number of halogens is 1. The van der Waals surface area contributed by atoms with Crippen LogP contribution in [-0.4, -0.2) is 11.7 Å². The molecular formula is C14H16BrNOS. The van der Waals surface area contributed by atoms with Crippen LogP contribution < -0.4 is 5.32 Å². The second-order valence-electron chi connectivity index (χ2n) is 4.26. The molecule has 0 spiro atoms. The highest BCUT2D eigenvalue weighted by atomic mass is 79.9. The van der Waals surface area contributed by atoms with E-state index in [0.29, 0.717) is 6.54 Å². The maximum Gasteiger partial charge on any atom is 0.0922 e. The van der Waals surface area contributed by atoms with E-state index >= 15 is 0 Å². The van der Waals surface area contributed by atoms with Crippen molar-refractivity contribution in [3.63, 3.8) is 0 Å². The largest absolute Gasteiger partial charge is 0.387 e. The highest BCUT2D eigenvalue weighted by Crippen LogP contribution is 2.20. The molecule has 0 aliphatic carbocycles. The zero-order valence-electron chi connectivity index (χ0n) is 10.1. The summed E-state index contributed by atoms with van der Waals surface area (Å²) in [5.74, 6) is 0. The second-order valence-corrected chi connectivity index (χ2v) is 5.95. The fourth-order valence-electron chi connectivity index (χ4n) is 1.76. The molecule has 2 aromatic rings. The molecule has 2 rings (SSSR count). The number of rotatable bonds is 5. The zero-order chi connectivity index (χ0) is 13.0. The molecule has 0 fully saturated rings. The number of benzene rings is 1. The van der Waals surface area contributed by atoms with E-state index in [1.807, 2.05) is 29.0 Å². The van der Waals surface area contributed by atoms with E-state index in [9.17, 15) is 5.11 Å². The number of thiophene rings is 1. The molecule has 1 aromatic heterocycles. The first-order chi connectivity index (χ1) is 8.66. The number of hydrogen-bond donors (Lipinski definition) is 2. The van der Waals surface area contributed by atoms with Gasteiger partial charge in [-0.05, 0) is 47.0 Å². The van der Waals surface area contributed by atoms with Crippen molar-refractivity contribution >= 4 is 27.3 Å². The average molecular weight is 326 g/mol. The molecular weight excluding hydrogens is 310 g/mol. The van der Waals surface area contributed by atoms with Crippen molar-refractivity contribution in [1.82, 2.24) is 5.32 Å². The summed E-state index contributed by atoms with van der Waals surface area (Å²) in [6.07, 6.45) is -0.439. The van der Waals surface area contributed by atoms with Crippen LogP contribution in [0, 0.1) is 0 Å². The van der Waals surface area contributed by atoms with E-state index in [-0.39, 0.29) is 6.04 Å². The van der Waals surface area contributed by atoms with Gasteiger partial charge in [-0.25, -0.2) is 0 Å². The lowest BCUT2D eigenvalue weighted by molar-refractivity contribution is 0.171. The van der Waals surface area contributed by atoms with Crippen molar-refractivity contribution in [2.24, 2.45) is 0 Å². The predicted octanol–water partition coefficient (Wildman–Crippen LogP) is 3.89. The number of aliphatic hydroxyl groups is 1. The Morgan fingerprint density at radius 1 is 1.33 bits per heavy atom. The first-order valence-corrected chi connectivity index (χ1v) is 7.59. The molecule has 0 saturated carbocycles. The minimum atomic E-state index is -0.439. The van der Waals surface area contributed by atoms with Gasteiger partial charge in [0, 0.05) is 17.1 Å². The predicted molar refractivity (Wildman–Crippen MR) is 79.8 cm³/mol. The lowest BCUT2D eigenvalue weighted by Crippen LogP contribution is -2.24. The molecule has 0 aliphatic heterocycles. The first-order valence-electron chi connectivity index (χ1n) is 5.86. The molecule has 18 heavy (non-hydrogen) atoms. The highest BCUT2D eigenvalue weighted by molar-refractivity contribution is 9.10. The molecule has 1 heterocycles. The van der Waals surface area contributed by atoms with Gasteiger partial charge in [0.2, 0.25) is 0 Å². The van der Waals surface area contributed by atoms with Crippen LogP contribution in [0.4, 0.5) is 0 Å². The molecule has 2 nitrogen and oxygen atoms in total. The Morgan fingerprint density at radius 3 is 2.83 bits per heavy atom. The summed E-state index contributed by atoms with van der Waals surface area (Å²) < 4.78 is 1.08. The number of nitrogens with one attached hydrogen (secondary N) is 1. The van der Waals surface area contributed by atoms with Gasteiger partial charge in [0.1, 0.15) is 0 Å². The topological polar surface area (TPSA) is 32.3 Å². The van der Waals surface area contributed by atoms with Crippen molar-refractivity contribution in [2.45, 2.75) is 19.1 Å². The summed E-state index contributed by atoms with van der Waals surface area (Å²) in [4.78, 5) is 0. The maximum atomic E-state index is 9.99. The van der Waals surface area contributed by atoms with Gasteiger partial charge in [-0.15, -0.1) is 0 Å². The maximum absolute atomic E-state index is 9.99. The first kappa shape index (κ1) is 13.7. The summed E-state index contributed by atoms with van der Waals surface area (Å²) in [6.45, 7) is 2.66. The number of aliphatic hydroxyl groups excluding tert-OH is 1. The smallest absolute Gasteiger partial charge is 0.0922 e. The summed E-state index contributed by atoms with van der Waals surface area (Å²) >= 11 is 5.07. The molecule has 1 aromatic carbocycles. The van der Waals surface area contributed by atoms with E-state index in [0.717, 1.165) is 10.0 Å². The Kier molecular flexibility index (Phi) is 4.95. The Morgan fingerprint density at radius 2 is 2.17 bits per heavy atom. The molecule has 0 aliphatic rings. The van der Waals surface area contributed by atoms with Crippen LogP contribution in [0.1, 0.15) is 30.2 Å². The third-order valence-electron chi connectivity index (χ3n) is 2.89. The van der Waals surface area contributed by atoms with E-state index in [4.69, 9.17) is 0 Å². The van der Waals surface area contributed by atoms with Gasteiger partial charge in [0.25, 0.3) is 0 Å². The van der Waals surface area contributed by atoms with Crippen LogP contribution in [0.2, 0.25) is 0 Å². The monoisotopic (exact) mass is 325 g/mol. The van der Waals surface area contributed by atoms with Crippen LogP contribution >= 0.6 is 27.3 Å². The second kappa shape index (κ2) is 6.48. The molecule has 0 saturated heterocycles. The van der Waals surface area contributed by atoms with Gasteiger partial charge in [-0.1, -0.05) is 28.1 Å². The molecule has 0 radical (unpaired) electrons. The molecule has 0 amide bonds. The van der Waals surface area contributed by atoms with Crippen LogP contribution in [0.25, 0.3) is 0 Å². The molecule has 0 bridgehead atoms. The molecule has 96 valence electrons. The number of hydrogen-bond acceptors (Lipinski definition) is 3. The zero-order valence-corrected chi connectivity index (χ0v) is 12.5. The Balaban J connectivity index is 1.90. The van der Waals surface area contributed by atoms with Crippen molar-refractivity contribution in [1.29, 1.82) is 0 Å². The highest BCUT2D eigenvalue weighted by Gasteiger charge is 2.10. The SMILES string of the molecule is CC(NCC(O)c1ccsc1)c1cccc(Br)c1. The summed E-state index contributed by atoms with van der Waals surface area (Å²) in [7, 11) is 0.